The molecular formula is C12H21ClN4OS. The van der Waals surface area contributed by atoms with E-state index in [0.29, 0.717) is 5.82 Å². The molecule has 1 aromatic rings. The van der Waals surface area contributed by atoms with Gasteiger partial charge in [0, 0.05) is 23.4 Å². The highest BCUT2D eigenvalue weighted by atomic mass is 35.5. The number of hydrogen-bond donors (Lipinski definition) is 3. The molecule has 7 heteroatoms. The van der Waals surface area contributed by atoms with Gasteiger partial charge in [0.15, 0.2) is 5.82 Å². The van der Waals surface area contributed by atoms with Crippen LogP contribution in [0.1, 0.15) is 26.5 Å². The number of aromatic amines is 1. The van der Waals surface area contributed by atoms with Gasteiger partial charge in [-0.3, -0.25) is 15.2 Å². The Hall–Kier alpha value is -0.720. The molecule has 0 spiro atoms. The lowest BCUT2D eigenvalue weighted by Crippen LogP contribution is -2.37. The van der Waals surface area contributed by atoms with E-state index in [2.05, 4.69) is 41.6 Å². The number of H-pyrrole nitrogens is 1. The number of nitrogens with one attached hydrogen (secondary N) is 3. The summed E-state index contributed by atoms with van der Waals surface area (Å²) in [6.45, 7) is 6.52. The molecule has 108 valence electrons. The highest BCUT2D eigenvalue weighted by Gasteiger charge is 2.23. The summed E-state index contributed by atoms with van der Waals surface area (Å²) in [5.74, 6) is 2.27. The normalized spacial score (nSPS) is 19.0. The third-order valence-electron chi connectivity index (χ3n) is 2.64. The van der Waals surface area contributed by atoms with Gasteiger partial charge in [-0.1, -0.05) is 20.8 Å². The molecule has 1 aliphatic rings. The zero-order chi connectivity index (χ0) is 13.2. The van der Waals surface area contributed by atoms with Crippen LogP contribution in [0.15, 0.2) is 6.07 Å². The Bertz CT molecular complexity index is 424. The first-order valence-corrected chi connectivity index (χ1v) is 7.26. The molecule has 3 N–H and O–H groups in total. The number of anilines is 1. The van der Waals surface area contributed by atoms with Crippen LogP contribution in [0.5, 0.6) is 0 Å². The predicted octanol–water partition coefficient (Wildman–Crippen LogP) is 2.02. The van der Waals surface area contributed by atoms with E-state index in [9.17, 15) is 4.79 Å². The first-order chi connectivity index (χ1) is 8.44. The van der Waals surface area contributed by atoms with Crippen LogP contribution in [0, 0.1) is 5.41 Å². The van der Waals surface area contributed by atoms with Gasteiger partial charge in [0.05, 0.1) is 6.04 Å². The van der Waals surface area contributed by atoms with Gasteiger partial charge in [-0.2, -0.15) is 5.10 Å². The second kappa shape index (κ2) is 6.63. The van der Waals surface area contributed by atoms with Crippen LogP contribution in [-0.4, -0.2) is 33.8 Å². The minimum Gasteiger partial charge on any atom is -0.308 e. The fraction of sp³-hybridized carbons (Fsp3) is 0.667. The summed E-state index contributed by atoms with van der Waals surface area (Å²) in [4.78, 5) is 11.9. The Morgan fingerprint density at radius 1 is 1.58 bits per heavy atom. The van der Waals surface area contributed by atoms with Crippen molar-refractivity contribution < 1.29 is 4.79 Å². The standard InChI is InChI=1S/C12H20N4OS.ClH/c1-12(2,3)5-8-4-10(16-15-8)14-11(17)9-6-18-7-13-9;/h4,9,13H,5-7H2,1-3H3,(H2,14,15,16,17);1H. The average Bonchev–Trinajstić information content (AvgIpc) is 2.86. The molecule has 19 heavy (non-hydrogen) atoms. The second-order valence-corrected chi connectivity index (χ2v) is 6.81. The molecule has 1 aliphatic heterocycles. The van der Waals surface area contributed by atoms with Crippen molar-refractivity contribution in [2.24, 2.45) is 5.41 Å². The van der Waals surface area contributed by atoms with Gasteiger partial charge in [0.25, 0.3) is 0 Å². The van der Waals surface area contributed by atoms with Crippen molar-refractivity contribution in [1.29, 1.82) is 0 Å². The maximum Gasteiger partial charge on any atom is 0.243 e. The first-order valence-electron chi connectivity index (χ1n) is 6.10. The van der Waals surface area contributed by atoms with Crippen LogP contribution in [0.4, 0.5) is 5.82 Å². The van der Waals surface area contributed by atoms with Crippen LogP contribution in [0.25, 0.3) is 0 Å². The van der Waals surface area contributed by atoms with E-state index < -0.39 is 0 Å². The van der Waals surface area contributed by atoms with Gasteiger partial charge in [-0.25, -0.2) is 0 Å². The molecule has 1 atom stereocenters. The minimum absolute atomic E-state index is 0. The second-order valence-electron chi connectivity index (χ2n) is 5.78. The monoisotopic (exact) mass is 304 g/mol. The Morgan fingerprint density at radius 3 is 2.89 bits per heavy atom. The van der Waals surface area contributed by atoms with Gasteiger partial charge in [0.1, 0.15) is 0 Å². The van der Waals surface area contributed by atoms with E-state index in [4.69, 9.17) is 0 Å². The summed E-state index contributed by atoms with van der Waals surface area (Å²) in [6, 6.07) is 1.81. The van der Waals surface area contributed by atoms with Gasteiger partial charge in [-0.05, 0) is 11.8 Å². The van der Waals surface area contributed by atoms with Crippen LogP contribution >= 0.6 is 24.2 Å². The summed E-state index contributed by atoms with van der Waals surface area (Å²) in [7, 11) is 0. The highest BCUT2D eigenvalue weighted by molar-refractivity contribution is 7.99. The summed E-state index contributed by atoms with van der Waals surface area (Å²) in [6.07, 6.45) is 0.910. The summed E-state index contributed by atoms with van der Waals surface area (Å²) < 4.78 is 0. The van der Waals surface area contributed by atoms with Gasteiger partial charge in [-0.15, -0.1) is 24.2 Å². The number of rotatable bonds is 3. The number of aromatic nitrogens is 2. The molecule has 0 aliphatic carbocycles. The molecule has 1 amide bonds. The van der Waals surface area contributed by atoms with Crippen molar-refractivity contribution in [3.05, 3.63) is 11.8 Å². The molecule has 1 aromatic heterocycles. The molecule has 1 saturated heterocycles. The fourth-order valence-corrected chi connectivity index (χ4v) is 2.81. The summed E-state index contributed by atoms with van der Waals surface area (Å²) in [5, 5.41) is 13.1. The predicted molar refractivity (Wildman–Crippen MR) is 81.9 cm³/mol. The van der Waals surface area contributed by atoms with Crippen LogP contribution in [0.3, 0.4) is 0 Å². The first kappa shape index (κ1) is 16.3. The lowest BCUT2D eigenvalue weighted by molar-refractivity contribution is -0.117. The Morgan fingerprint density at radius 2 is 2.32 bits per heavy atom. The lowest BCUT2D eigenvalue weighted by Gasteiger charge is -2.15. The average molecular weight is 305 g/mol. The van der Waals surface area contributed by atoms with Gasteiger partial charge < -0.3 is 5.32 Å². The number of thioether (sulfide) groups is 1. The molecule has 0 bridgehead atoms. The molecule has 2 rings (SSSR count). The number of hydrogen-bond acceptors (Lipinski definition) is 4. The topological polar surface area (TPSA) is 69.8 Å². The third-order valence-corrected chi connectivity index (χ3v) is 3.58. The van der Waals surface area contributed by atoms with Crippen molar-refractivity contribution in [3.63, 3.8) is 0 Å². The Labute approximate surface area is 124 Å². The van der Waals surface area contributed by atoms with Crippen LogP contribution in [0.2, 0.25) is 0 Å². The summed E-state index contributed by atoms with van der Waals surface area (Å²) >= 11 is 1.73. The maximum absolute atomic E-state index is 11.9. The molecule has 0 saturated carbocycles. The molecule has 1 fully saturated rings. The van der Waals surface area contributed by atoms with E-state index in [1.165, 1.54) is 0 Å². The quantitative estimate of drug-likeness (QED) is 0.799. The number of amides is 1. The van der Waals surface area contributed by atoms with E-state index in [0.717, 1.165) is 23.7 Å². The number of nitrogens with zero attached hydrogens (tertiary/aromatic N) is 1. The zero-order valence-electron chi connectivity index (χ0n) is 11.4. The Kier molecular flexibility index (Phi) is 5.70. The number of halogens is 1. The van der Waals surface area contributed by atoms with Crippen LogP contribution < -0.4 is 10.6 Å². The molecule has 1 unspecified atom stereocenters. The lowest BCUT2D eigenvalue weighted by atomic mass is 9.91. The maximum atomic E-state index is 11.9. The van der Waals surface area contributed by atoms with E-state index in [1.807, 2.05) is 6.07 Å². The van der Waals surface area contributed by atoms with Crippen molar-refractivity contribution in [2.75, 3.05) is 16.9 Å². The molecule has 0 aromatic carbocycles. The van der Waals surface area contributed by atoms with Crippen LogP contribution in [-0.2, 0) is 11.2 Å². The number of carbonyl (C=O) groups is 1. The van der Waals surface area contributed by atoms with Crippen molar-refractivity contribution in [2.45, 2.75) is 33.2 Å². The SMILES string of the molecule is CC(C)(C)Cc1cc(NC(=O)C2CSCN2)n[nH]1.Cl. The van der Waals surface area contributed by atoms with Gasteiger partial charge >= 0.3 is 0 Å². The smallest absolute Gasteiger partial charge is 0.243 e. The minimum atomic E-state index is -0.0993. The molecule has 5 nitrogen and oxygen atoms in total. The van der Waals surface area contributed by atoms with Crippen molar-refractivity contribution in [3.8, 4) is 0 Å². The fourth-order valence-electron chi connectivity index (χ4n) is 1.86. The molecule has 0 radical (unpaired) electrons. The van der Waals surface area contributed by atoms with Crippen molar-refractivity contribution in [1.82, 2.24) is 15.5 Å². The molecular weight excluding hydrogens is 284 g/mol. The molecule has 2 heterocycles. The van der Waals surface area contributed by atoms with Crippen molar-refractivity contribution >= 4 is 35.9 Å². The van der Waals surface area contributed by atoms with Gasteiger partial charge in [0.2, 0.25) is 5.91 Å². The summed E-state index contributed by atoms with van der Waals surface area (Å²) in [5.41, 5.74) is 1.25. The third kappa shape index (κ3) is 5.04. The van der Waals surface area contributed by atoms with E-state index in [-0.39, 0.29) is 29.8 Å². The highest BCUT2D eigenvalue weighted by Crippen LogP contribution is 2.20. The zero-order valence-corrected chi connectivity index (χ0v) is 13.1. The largest absolute Gasteiger partial charge is 0.308 e. The Balaban J connectivity index is 0.00000180. The number of carbonyl (C=O) groups excluding carboxylic acids is 1. The van der Waals surface area contributed by atoms with E-state index in [1.54, 1.807) is 11.8 Å². The van der Waals surface area contributed by atoms with E-state index >= 15 is 0 Å².